The maximum absolute atomic E-state index is 13.2. The zero-order valence-corrected chi connectivity index (χ0v) is 41.9. The Morgan fingerprint density at radius 2 is 1.27 bits per heavy atom. The molecule has 4 N–H and O–H groups in total. The van der Waals surface area contributed by atoms with E-state index in [-0.39, 0.29) is 31.8 Å². The summed E-state index contributed by atoms with van der Waals surface area (Å²) >= 11 is 9.48. The number of aliphatic hydroxyl groups excluding tert-OH is 2. The molecule has 0 fully saturated rings. The minimum absolute atomic E-state index is 0.160. The van der Waals surface area contributed by atoms with Gasteiger partial charge in [0, 0.05) is 59.2 Å². The number of ether oxygens (including phenoxy) is 2. The normalized spacial score (nSPS) is 12.6. The van der Waals surface area contributed by atoms with Crippen LogP contribution < -0.4 is 10.6 Å². The van der Waals surface area contributed by atoms with Crippen LogP contribution in [-0.2, 0) is 30.0 Å². The number of halogens is 2. The van der Waals surface area contributed by atoms with Gasteiger partial charge in [0.2, 0.25) is 0 Å². The van der Waals surface area contributed by atoms with Gasteiger partial charge in [0.25, 0.3) is 11.8 Å². The lowest BCUT2D eigenvalue weighted by atomic mass is 10.1. The standard InChI is InChI=1S/C25H33ClN6O3Si.C17H27BrN4O3Si/c1-25(2,14-33)29-24(34)18-13-32(15-35-9-10-36(4,5)6)23-22(18)28-19(12-27-23)21-17-8-7-16(26)11-20(17)31(3)30-21;1-17(2,10-23)21-16(24)12-9-22(11-25-6-7-26(3,4)5)15-14(12)20-13(18)8-19-15/h7-8,11-13,33H,9-10,14-15H2,1-6H3,(H,29,34);8-9,23H,6-7,10-11H2,1-5H3,(H,21,24). The van der Waals surface area contributed by atoms with Crippen LogP contribution in [0, 0.1) is 0 Å². The van der Waals surface area contributed by atoms with E-state index in [9.17, 15) is 19.8 Å². The predicted molar refractivity (Wildman–Crippen MR) is 253 cm³/mol. The Balaban J connectivity index is 0.000000247. The van der Waals surface area contributed by atoms with Gasteiger partial charge in [-0.3, -0.25) is 14.3 Å². The molecular formula is C42H60BrClN10O6Si2. The van der Waals surface area contributed by atoms with Crippen molar-refractivity contribution >= 4 is 88.7 Å². The molecular weight excluding hydrogens is 912 g/mol. The quantitative estimate of drug-likeness (QED) is 0.0523. The molecule has 20 heteroatoms. The smallest absolute Gasteiger partial charge is 0.255 e. The Bertz CT molecular complexity index is 2540. The molecule has 0 aliphatic heterocycles. The molecule has 0 saturated carbocycles. The highest BCUT2D eigenvalue weighted by molar-refractivity contribution is 9.10. The second-order valence-corrected chi connectivity index (χ2v) is 31.6. The number of nitrogens with zero attached hydrogens (tertiary/aromatic N) is 8. The fourth-order valence-corrected chi connectivity index (χ4v) is 8.02. The Hall–Kier alpha value is -4.09. The van der Waals surface area contributed by atoms with Crippen LogP contribution in [0.25, 0.3) is 44.6 Å². The molecule has 5 aromatic heterocycles. The molecule has 2 amide bonds. The van der Waals surface area contributed by atoms with E-state index in [1.54, 1.807) is 66.3 Å². The number of nitrogens with one attached hydrogen (secondary N) is 2. The number of rotatable bonds is 17. The van der Waals surface area contributed by atoms with Crippen LogP contribution in [0.4, 0.5) is 0 Å². The van der Waals surface area contributed by atoms with E-state index in [1.165, 1.54) is 0 Å². The summed E-state index contributed by atoms with van der Waals surface area (Å²) in [5.41, 5.74) is 3.40. The number of carbonyl (C=O) groups excluding carboxylic acids is 2. The molecule has 62 heavy (non-hydrogen) atoms. The largest absolute Gasteiger partial charge is 0.394 e. The summed E-state index contributed by atoms with van der Waals surface area (Å²) in [6.45, 7) is 22.4. The third-order valence-electron chi connectivity index (χ3n) is 9.79. The van der Waals surface area contributed by atoms with Crippen LogP contribution in [0.3, 0.4) is 0 Å². The lowest BCUT2D eigenvalue weighted by Gasteiger charge is -2.23. The van der Waals surface area contributed by atoms with Gasteiger partial charge in [-0.05, 0) is 73.9 Å². The fraction of sp³-hybridized carbons (Fsp3) is 0.500. The number of aliphatic hydroxyl groups is 2. The summed E-state index contributed by atoms with van der Waals surface area (Å²) in [4.78, 5) is 44.2. The van der Waals surface area contributed by atoms with Crippen molar-refractivity contribution in [2.24, 2.45) is 7.05 Å². The van der Waals surface area contributed by atoms with Gasteiger partial charge < -0.3 is 39.5 Å². The number of hydrogen-bond donors (Lipinski definition) is 4. The van der Waals surface area contributed by atoms with Crippen molar-refractivity contribution in [2.75, 3.05) is 26.4 Å². The number of amides is 2. The number of benzene rings is 1. The molecule has 0 radical (unpaired) electrons. The van der Waals surface area contributed by atoms with Gasteiger partial charge in [-0.1, -0.05) is 50.9 Å². The Morgan fingerprint density at radius 1 is 0.790 bits per heavy atom. The van der Waals surface area contributed by atoms with Gasteiger partial charge in [0.05, 0.1) is 53.3 Å². The first-order valence-corrected chi connectivity index (χ1v) is 29.0. The monoisotopic (exact) mass is 970 g/mol. The minimum atomic E-state index is -1.23. The molecule has 0 saturated heterocycles. The number of hydrogen-bond acceptors (Lipinski definition) is 11. The number of aryl methyl sites for hydroxylation is 1. The zero-order valence-electron chi connectivity index (χ0n) is 37.6. The zero-order chi connectivity index (χ0) is 45.8. The minimum Gasteiger partial charge on any atom is -0.394 e. The first-order valence-electron chi connectivity index (χ1n) is 20.4. The van der Waals surface area contributed by atoms with E-state index in [4.69, 9.17) is 26.1 Å². The summed E-state index contributed by atoms with van der Waals surface area (Å²) < 4.78 is 17.6. The van der Waals surface area contributed by atoms with E-state index in [1.807, 2.05) is 25.2 Å². The fourth-order valence-electron chi connectivity index (χ4n) is 6.06. The Kier molecular flexibility index (Phi) is 15.6. The van der Waals surface area contributed by atoms with Gasteiger partial charge in [-0.2, -0.15) is 5.10 Å². The third-order valence-corrected chi connectivity index (χ3v) is 13.8. The molecule has 6 rings (SSSR count). The van der Waals surface area contributed by atoms with Gasteiger partial charge in [-0.15, -0.1) is 0 Å². The first kappa shape index (κ1) is 48.9. The second-order valence-electron chi connectivity index (χ2n) is 19.1. The lowest BCUT2D eigenvalue weighted by molar-refractivity contribution is 0.0850. The van der Waals surface area contributed by atoms with Crippen molar-refractivity contribution in [1.29, 1.82) is 0 Å². The van der Waals surface area contributed by atoms with Crippen molar-refractivity contribution in [2.45, 2.75) is 104 Å². The molecule has 0 bridgehead atoms. The van der Waals surface area contributed by atoms with Crippen LogP contribution >= 0.6 is 27.5 Å². The van der Waals surface area contributed by atoms with Crippen molar-refractivity contribution in [1.82, 2.24) is 49.5 Å². The van der Waals surface area contributed by atoms with Crippen molar-refractivity contribution in [3.63, 3.8) is 0 Å². The molecule has 0 atom stereocenters. The third kappa shape index (κ3) is 12.8. The molecule has 336 valence electrons. The van der Waals surface area contributed by atoms with E-state index in [0.717, 1.165) is 23.0 Å². The maximum Gasteiger partial charge on any atom is 0.255 e. The van der Waals surface area contributed by atoms with E-state index in [2.05, 4.69) is 85.9 Å². The highest BCUT2D eigenvalue weighted by atomic mass is 79.9. The van der Waals surface area contributed by atoms with E-state index >= 15 is 0 Å². The van der Waals surface area contributed by atoms with Gasteiger partial charge in [-0.25, -0.2) is 19.9 Å². The number of aromatic nitrogens is 8. The predicted octanol–water partition coefficient (Wildman–Crippen LogP) is 7.46. The average Bonchev–Trinajstić information content (AvgIpc) is 3.84. The number of carbonyl (C=O) groups is 2. The lowest BCUT2D eigenvalue weighted by Crippen LogP contribution is -2.46. The van der Waals surface area contributed by atoms with Crippen LogP contribution in [0.1, 0.15) is 48.4 Å². The maximum atomic E-state index is 13.2. The molecule has 0 spiro atoms. The second kappa shape index (κ2) is 19.8. The summed E-state index contributed by atoms with van der Waals surface area (Å²) in [6.07, 6.45) is 6.67. The Labute approximate surface area is 377 Å². The molecule has 0 unspecified atom stereocenters. The van der Waals surface area contributed by atoms with Crippen LogP contribution in [0.15, 0.2) is 47.6 Å². The average molecular weight is 973 g/mol. The van der Waals surface area contributed by atoms with Gasteiger partial charge in [0.15, 0.2) is 11.3 Å². The van der Waals surface area contributed by atoms with Crippen LogP contribution in [0.2, 0.25) is 56.4 Å². The molecule has 0 aliphatic rings. The molecule has 1 aromatic carbocycles. The van der Waals surface area contributed by atoms with Crippen molar-refractivity contribution < 1.29 is 29.3 Å². The summed E-state index contributed by atoms with van der Waals surface area (Å²) in [5, 5.41) is 30.9. The Morgan fingerprint density at radius 3 is 1.76 bits per heavy atom. The van der Waals surface area contributed by atoms with Gasteiger partial charge >= 0.3 is 0 Å². The SMILES string of the molecule is CC(C)(CO)NC(=O)c1cn(COCC[Si](C)(C)C)c2ncc(Br)nc12.Cn1nc(-c2cnc3c(n2)c(C(=O)NC(C)(C)CO)cn3COCC[Si](C)(C)C)c2ccc(Cl)cc21. The molecule has 16 nitrogen and oxygen atoms in total. The first-order chi connectivity index (χ1) is 28.9. The van der Waals surface area contributed by atoms with Gasteiger partial charge in [0.1, 0.15) is 40.5 Å². The highest BCUT2D eigenvalue weighted by Gasteiger charge is 2.27. The summed E-state index contributed by atoms with van der Waals surface area (Å²) in [6, 6.07) is 7.67. The number of fused-ring (bicyclic) bond motifs is 3. The van der Waals surface area contributed by atoms with Crippen molar-refractivity contribution in [3.8, 4) is 11.4 Å². The molecule has 0 aliphatic carbocycles. The summed E-state index contributed by atoms with van der Waals surface area (Å²) in [7, 11) is -0.540. The molecule has 5 heterocycles. The van der Waals surface area contributed by atoms with Crippen LogP contribution in [-0.4, -0.2) is 115 Å². The van der Waals surface area contributed by atoms with E-state index < -0.39 is 27.2 Å². The van der Waals surface area contributed by atoms with Crippen molar-refractivity contribution in [3.05, 3.63) is 63.7 Å². The van der Waals surface area contributed by atoms with E-state index in [0.29, 0.717) is 74.4 Å². The highest BCUT2D eigenvalue weighted by Crippen LogP contribution is 2.30. The molecule has 6 aromatic rings. The van der Waals surface area contributed by atoms with Crippen LogP contribution in [0.5, 0.6) is 0 Å². The summed E-state index contributed by atoms with van der Waals surface area (Å²) in [5.74, 6) is -0.647. The topological polar surface area (TPSA) is 196 Å².